The van der Waals surface area contributed by atoms with Crippen molar-refractivity contribution in [2.45, 2.75) is 18.9 Å². The highest BCUT2D eigenvalue weighted by Crippen LogP contribution is 2.22. The van der Waals surface area contributed by atoms with E-state index in [0.29, 0.717) is 12.4 Å². The van der Waals surface area contributed by atoms with Gasteiger partial charge in [-0.1, -0.05) is 0 Å². The van der Waals surface area contributed by atoms with Crippen molar-refractivity contribution >= 4 is 17.7 Å². The summed E-state index contributed by atoms with van der Waals surface area (Å²) in [4.78, 5) is 32.3. The standard InChI is InChI=1S/C11H14N4O3/c1-18-11(17)7-5-14-9(6-13-7)15-4-2-3-8(15)10(12)16/h5-6,8H,2-4H2,1H3,(H2,12,16). The van der Waals surface area contributed by atoms with Crippen LogP contribution in [0.4, 0.5) is 5.82 Å². The van der Waals surface area contributed by atoms with Crippen molar-refractivity contribution < 1.29 is 14.3 Å². The molecule has 2 rings (SSSR count). The lowest BCUT2D eigenvalue weighted by molar-refractivity contribution is -0.119. The molecule has 1 aromatic heterocycles. The van der Waals surface area contributed by atoms with Gasteiger partial charge in [0.05, 0.1) is 19.5 Å². The minimum absolute atomic E-state index is 0.135. The number of hydrogen-bond acceptors (Lipinski definition) is 6. The molecule has 1 atom stereocenters. The van der Waals surface area contributed by atoms with Crippen LogP contribution in [-0.2, 0) is 9.53 Å². The summed E-state index contributed by atoms with van der Waals surface area (Å²) in [5.74, 6) is -0.364. The zero-order valence-electron chi connectivity index (χ0n) is 10.00. The number of hydrogen-bond donors (Lipinski definition) is 1. The van der Waals surface area contributed by atoms with Gasteiger partial charge in [-0.2, -0.15) is 0 Å². The van der Waals surface area contributed by atoms with Gasteiger partial charge in [-0.25, -0.2) is 14.8 Å². The predicted octanol–water partition coefficient (Wildman–Crippen LogP) is -0.283. The molecular formula is C11H14N4O3. The topological polar surface area (TPSA) is 98.4 Å². The number of carbonyl (C=O) groups is 2. The maximum atomic E-state index is 11.3. The van der Waals surface area contributed by atoms with Crippen molar-refractivity contribution in [1.29, 1.82) is 0 Å². The first-order valence-electron chi connectivity index (χ1n) is 5.60. The van der Waals surface area contributed by atoms with Gasteiger partial charge in [0.2, 0.25) is 5.91 Å². The van der Waals surface area contributed by atoms with Gasteiger partial charge in [-0.05, 0) is 12.8 Å². The number of primary amides is 1. The molecule has 2 N–H and O–H groups in total. The van der Waals surface area contributed by atoms with Crippen LogP contribution in [0.5, 0.6) is 0 Å². The molecule has 1 aliphatic rings. The van der Waals surface area contributed by atoms with E-state index >= 15 is 0 Å². The number of amides is 1. The maximum absolute atomic E-state index is 11.3. The summed E-state index contributed by atoms with van der Waals surface area (Å²) in [7, 11) is 1.28. The van der Waals surface area contributed by atoms with E-state index in [1.165, 1.54) is 19.5 Å². The number of anilines is 1. The lowest BCUT2D eigenvalue weighted by Gasteiger charge is -2.22. The Balaban J connectivity index is 2.19. The Hall–Kier alpha value is -2.18. The minimum atomic E-state index is -0.540. The average Bonchev–Trinajstić information content (AvgIpc) is 2.87. The Labute approximate surface area is 104 Å². The van der Waals surface area contributed by atoms with Gasteiger partial charge in [-0.15, -0.1) is 0 Å². The second kappa shape index (κ2) is 4.99. The molecule has 0 radical (unpaired) electrons. The monoisotopic (exact) mass is 250 g/mol. The molecule has 7 nitrogen and oxygen atoms in total. The number of carbonyl (C=O) groups excluding carboxylic acids is 2. The molecule has 0 spiro atoms. The van der Waals surface area contributed by atoms with Gasteiger partial charge in [0.25, 0.3) is 0 Å². The second-order valence-corrected chi connectivity index (χ2v) is 4.01. The number of nitrogens with zero attached hydrogens (tertiary/aromatic N) is 3. The highest BCUT2D eigenvalue weighted by atomic mass is 16.5. The number of rotatable bonds is 3. The van der Waals surface area contributed by atoms with E-state index in [0.717, 1.165) is 12.8 Å². The zero-order chi connectivity index (χ0) is 13.1. The van der Waals surface area contributed by atoms with E-state index in [1.54, 1.807) is 4.90 Å². The average molecular weight is 250 g/mol. The highest BCUT2D eigenvalue weighted by Gasteiger charge is 2.30. The van der Waals surface area contributed by atoms with E-state index in [9.17, 15) is 9.59 Å². The fourth-order valence-corrected chi connectivity index (χ4v) is 2.02. The molecule has 18 heavy (non-hydrogen) atoms. The molecule has 96 valence electrons. The van der Waals surface area contributed by atoms with Crippen molar-refractivity contribution in [3.63, 3.8) is 0 Å². The van der Waals surface area contributed by atoms with Gasteiger partial charge in [0.1, 0.15) is 11.9 Å². The molecule has 0 bridgehead atoms. The van der Waals surface area contributed by atoms with E-state index in [-0.39, 0.29) is 17.6 Å². The lowest BCUT2D eigenvalue weighted by Crippen LogP contribution is -2.40. The Bertz CT molecular complexity index is 460. The number of ether oxygens (including phenoxy) is 1. The van der Waals surface area contributed by atoms with Crippen LogP contribution in [-0.4, -0.2) is 41.5 Å². The van der Waals surface area contributed by atoms with Crippen LogP contribution < -0.4 is 10.6 Å². The van der Waals surface area contributed by atoms with Gasteiger partial charge in [0.15, 0.2) is 5.69 Å². The summed E-state index contributed by atoms with van der Waals surface area (Å²) in [6.07, 6.45) is 4.38. The van der Waals surface area contributed by atoms with E-state index in [4.69, 9.17) is 5.73 Å². The molecular weight excluding hydrogens is 236 g/mol. The fraction of sp³-hybridized carbons (Fsp3) is 0.455. The van der Waals surface area contributed by atoms with Crippen LogP contribution in [0.25, 0.3) is 0 Å². The molecule has 1 aliphatic heterocycles. The van der Waals surface area contributed by atoms with Gasteiger partial charge in [-0.3, -0.25) is 4.79 Å². The minimum Gasteiger partial charge on any atom is -0.464 e. The Morgan fingerprint density at radius 1 is 1.44 bits per heavy atom. The molecule has 2 heterocycles. The summed E-state index contributed by atoms with van der Waals surface area (Å²) in [5.41, 5.74) is 5.46. The molecule has 0 saturated carbocycles. The molecule has 1 fully saturated rings. The molecule has 1 saturated heterocycles. The SMILES string of the molecule is COC(=O)c1cnc(N2CCCC2C(N)=O)cn1. The molecule has 1 amide bonds. The molecule has 7 heteroatoms. The van der Waals surface area contributed by atoms with Crippen LogP contribution in [0.1, 0.15) is 23.3 Å². The number of methoxy groups -OCH3 is 1. The fourth-order valence-electron chi connectivity index (χ4n) is 2.02. The van der Waals surface area contributed by atoms with Crippen LogP contribution >= 0.6 is 0 Å². The van der Waals surface area contributed by atoms with Gasteiger partial charge in [0, 0.05) is 6.54 Å². The normalized spacial score (nSPS) is 18.7. The van der Waals surface area contributed by atoms with Gasteiger partial charge < -0.3 is 15.4 Å². The first-order valence-corrected chi connectivity index (χ1v) is 5.60. The quantitative estimate of drug-likeness (QED) is 0.741. The number of nitrogens with two attached hydrogens (primary N) is 1. The number of esters is 1. The Kier molecular flexibility index (Phi) is 3.40. The van der Waals surface area contributed by atoms with Crippen molar-refractivity contribution in [3.8, 4) is 0 Å². The predicted molar refractivity (Wildman–Crippen MR) is 62.9 cm³/mol. The molecule has 1 unspecified atom stereocenters. The molecule has 1 aromatic rings. The summed E-state index contributed by atoms with van der Waals surface area (Å²) >= 11 is 0. The summed E-state index contributed by atoms with van der Waals surface area (Å²) in [6.45, 7) is 0.708. The summed E-state index contributed by atoms with van der Waals surface area (Å²) in [5, 5.41) is 0. The van der Waals surface area contributed by atoms with E-state index < -0.39 is 5.97 Å². The van der Waals surface area contributed by atoms with Crippen molar-refractivity contribution in [2.75, 3.05) is 18.6 Å². The van der Waals surface area contributed by atoms with Crippen LogP contribution in [0.3, 0.4) is 0 Å². The third-order valence-electron chi connectivity index (χ3n) is 2.91. The lowest BCUT2D eigenvalue weighted by atomic mass is 10.2. The first-order chi connectivity index (χ1) is 8.63. The summed E-state index contributed by atoms with van der Waals surface area (Å²) < 4.78 is 4.53. The maximum Gasteiger partial charge on any atom is 0.358 e. The van der Waals surface area contributed by atoms with E-state index in [1.807, 2.05) is 0 Å². The highest BCUT2D eigenvalue weighted by molar-refractivity contribution is 5.87. The van der Waals surface area contributed by atoms with Crippen LogP contribution in [0.15, 0.2) is 12.4 Å². The zero-order valence-corrected chi connectivity index (χ0v) is 10.00. The largest absolute Gasteiger partial charge is 0.464 e. The third-order valence-corrected chi connectivity index (χ3v) is 2.91. The molecule has 0 aliphatic carbocycles. The van der Waals surface area contributed by atoms with Gasteiger partial charge >= 0.3 is 5.97 Å². The Morgan fingerprint density at radius 2 is 2.22 bits per heavy atom. The Morgan fingerprint density at radius 3 is 2.78 bits per heavy atom. The second-order valence-electron chi connectivity index (χ2n) is 4.01. The van der Waals surface area contributed by atoms with Crippen LogP contribution in [0, 0.1) is 0 Å². The number of aromatic nitrogens is 2. The third kappa shape index (κ3) is 2.24. The summed E-state index contributed by atoms with van der Waals surface area (Å²) in [6, 6.07) is -0.344. The van der Waals surface area contributed by atoms with Crippen molar-refractivity contribution in [1.82, 2.24) is 9.97 Å². The van der Waals surface area contributed by atoms with Crippen molar-refractivity contribution in [3.05, 3.63) is 18.1 Å². The van der Waals surface area contributed by atoms with Crippen LogP contribution in [0.2, 0.25) is 0 Å². The smallest absolute Gasteiger partial charge is 0.358 e. The molecule has 0 aromatic carbocycles. The first kappa shape index (κ1) is 12.3. The van der Waals surface area contributed by atoms with Crippen molar-refractivity contribution in [2.24, 2.45) is 5.73 Å². The van der Waals surface area contributed by atoms with E-state index in [2.05, 4.69) is 14.7 Å².